The van der Waals surface area contributed by atoms with E-state index in [-0.39, 0.29) is 0 Å². The first-order valence-electron chi connectivity index (χ1n) is 5.75. The van der Waals surface area contributed by atoms with Gasteiger partial charge in [-0.25, -0.2) is 0 Å². The van der Waals surface area contributed by atoms with Crippen LogP contribution in [0.15, 0.2) is 9.80 Å². The van der Waals surface area contributed by atoms with Gasteiger partial charge in [0.25, 0.3) is 5.89 Å². The van der Waals surface area contributed by atoms with Crippen molar-refractivity contribution in [3.05, 3.63) is 11.3 Å². The number of hydrogen-bond acceptors (Lipinski definition) is 7. The van der Waals surface area contributed by atoms with Gasteiger partial charge in [-0.15, -0.1) is 15.3 Å². The number of aryl methyl sites for hydroxylation is 1. The highest BCUT2D eigenvalue weighted by molar-refractivity contribution is 7.03. The smallest absolute Gasteiger partial charge is 0.269 e. The van der Waals surface area contributed by atoms with E-state index < -0.39 is 0 Å². The Morgan fingerprint density at radius 1 is 1.35 bits per heavy atom. The number of aromatic nitrogens is 4. The molecule has 1 aliphatic carbocycles. The van der Waals surface area contributed by atoms with Crippen LogP contribution in [0.2, 0.25) is 0 Å². The first-order chi connectivity index (χ1) is 8.42. The molecule has 90 valence electrons. The minimum absolute atomic E-state index is 0.462. The van der Waals surface area contributed by atoms with Crippen LogP contribution in [-0.2, 0) is 6.42 Å². The van der Waals surface area contributed by atoms with E-state index in [9.17, 15) is 0 Å². The third-order valence-corrected chi connectivity index (χ3v) is 3.13. The molecule has 0 aromatic carbocycles. The van der Waals surface area contributed by atoms with Gasteiger partial charge in [-0.3, -0.25) is 0 Å². The first kappa shape index (κ1) is 10.8. The maximum atomic E-state index is 5.50. The second-order valence-corrected chi connectivity index (χ2v) is 4.73. The predicted molar refractivity (Wildman–Crippen MR) is 62.5 cm³/mol. The third-order valence-electron chi connectivity index (χ3n) is 2.62. The van der Waals surface area contributed by atoms with E-state index in [1.807, 2.05) is 0 Å². The average Bonchev–Trinajstić information content (AvgIpc) is 2.84. The van der Waals surface area contributed by atoms with Crippen LogP contribution in [0.3, 0.4) is 0 Å². The molecule has 2 heterocycles. The maximum Gasteiger partial charge on any atom is 0.269 e. The van der Waals surface area contributed by atoms with E-state index in [4.69, 9.17) is 4.42 Å². The predicted octanol–water partition coefficient (Wildman–Crippen LogP) is 1.27. The van der Waals surface area contributed by atoms with Crippen LogP contribution < -0.4 is 5.32 Å². The first-order valence-corrected chi connectivity index (χ1v) is 6.58. The molecule has 0 spiro atoms. The van der Waals surface area contributed by atoms with Gasteiger partial charge < -0.3 is 9.73 Å². The summed E-state index contributed by atoms with van der Waals surface area (Å²) in [5, 5.41) is 17.1. The zero-order valence-electron chi connectivity index (χ0n) is 9.30. The van der Waals surface area contributed by atoms with Crippen molar-refractivity contribution in [2.45, 2.75) is 31.7 Å². The second-order valence-electron chi connectivity index (χ2n) is 4.12. The number of hydrogen-bond donors (Lipinski definition) is 1. The van der Waals surface area contributed by atoms with E-state index in [0.29, 0.717) is 17.5 Å². The van der Waals surface area contributed by atoms with Crippen LogP contribution in [-0.4, -0.2) is 32.4 Å². The van der Waals surface area contributed by atoms with Crippen molar-refractivity contribution < 1.29 is 4.42 Å². The van der Waals surface area contributed by atoms with E-state index >= 15 is 0 Å². The minimum Gasteiger partial charge on any atom is -0.419 e. The lowest BCUT2D eigenvalue weighted by Crippen LogP contribution is -2.17. The molecular formula is C10H13N5OS. The van der Waals surface area contributed by atoms with Gasteiger partial charge in [-0.2, -0.15) is 0 Å². The second kappa shape index (κ2) is 4.89. The highest BCUT2D eigenvalue weighted by atomic mass is 32.1. The number of rotatable bonds is 6. The standard InChI is InChI=1S/C10H13N5OS/c1(5-11-7-3-4-7)2-9-13-14-10(16-9)8-6-17-15-12-8/h6-7,11H,1-5H2. The Kier molecular flexibility index (Phi) is 3.10. The van der Waals surface area contributed by atoms with Gasteiger partial charge in [-0.1, -0.05) is 4.49 Å². The van der Waals surface area contributed by atoms with Gasteiger partial charge in [0.1, 0.15) is 0 Å². The lowest BCUT2D eigenvalue weighted by molar-refractivity contribution is 0.489. The molecule has 17 heavy (non-hydrogen) atoms. The zero-order chi connectivity index (χ0) is 11.5. The molecule has 2 aromatic rings. The summed E-state index contributed by atoms with van der Waals surface area (Å²) in [6, 6.07) is 0.759. The fourth-order valence-electron chi connectivity index (χ4n) is 1.55. The number of nitrogens with zero attached hydrogens (tertiary/aromatic N) is 4. The summed E-state index contributed by atoms with van der Waals surface area (Å²) in [6.07, 6.45) is 4.47. The van der Waals surface area contributed by atoms with Crippen LogP contribution in [0.4, 0.5) is 0 Å². The SMILES string of the molecule is c1snnc1-c1nnc(CCCNC2CC2)o1. The summed E-state index contributed by atoms with van der Waals surface area (Å²) in [5.74, 6) is 1.13. The highest BCUT2D eigenvalue weighted by Gasteiger charge is 2.19. The van der Waals surface area contributed by atoms with E-state index in [2.05, 4.69) is 25.1 Å². The van der Waals surface area contributed by atoms with Crippen LogP contribution in [0.1, 0.15) is 25.2 Å². The fraction of sp³-hybridized carbons (Fsp3) is 0.600. The summed E-state index contributed by atoms with van der Waals surface area (Å²) in [4.78, 5) is 0. The van der Waals surface area contributed by atoms with Crippen molar-refractivity contribution in [1.82, 2.24) is 25.1 Å². The number of nitrogens with one attached hydrogen (secondary N) is 1. The summed E-state index contributed by atoms with van der Waals surface area (Å²) >= 11 is 1.28. The molecule has 6 nitrogen and oxygen atoms in total. The summed E-state index contributed by atoms with van der Waals surface area (Å²) < 4.78 is 9.27. The quantitative estimate of drug-likeness (QED) is 0.779. The van der Waals surface area contributed by atoms with Gasteiger partial charge in [0, 0.05) is 17.8 Å². The van der Waals surface area contributed by atoms with Crippen molar-refractivity contribution >= 4 is 11.5 Å². The maximum absolute atomic E-state index is 5.50. The molecule has 1 saturated carbocycles. The summed E-state index contributed by atoms with van der Waals surface area (Å²) in [6.45, 7) is 1.01. The Morgan fingerprint density at radius 3 is 3.06 bits per heavy atom. The molecule has 2 aromatic heterocycles. The Bertz CT molecular complexity index is 465. The van der Waals surface area contributed by atoms with Gasteiger partial charge in [-0.05, 0) is 37.3 Å². The van der Waals surface area contributed by atoms with Gasteiger partial charge in [0.2, 0.25) is 5.89 Å². The third kappa shape index (κ3) is 2.86. The molecule has 1 fully saturated rings. The molecule has 0 unspecified atom stereocenters. The molecule has 0 atom stereocenters. The van der Waals surface area contributed by atoms with Crippen molar-refractivity contribution in [3.63, 3.8) is 0 Å². The molecule has 1 N–H and O–H groups in total. The molecule has 0 aliphatic heterocycles. The van der Waals surface area contributed by atoms with Crippen LogP contribution in [0.5, 0.6) is 0 Å². The largest absolute Gasteiger partial charge is 0.419 e. The van der Waals surface area contributed by atoms with Crippen molar-refractivity contribution in [2.75, 3.05) is 6.54 Å². The van der Waals surface area contributed by atoms with Crippen molar-refractivity contribution in [3.8, 4) is 11.6 Å². The normalized spacial score (nSPS) is 15.3. The Morgan fingerprint density at radius 2 is 2.29 bits per heavy atom. The topological polar surface area (TPSA) is 76.7 Å². The minimum atomic E-state index is 0.462. The summed E-state index contributed by atoms with van der Waals surface area (Å²) in [5.41, 5.74) is 0.657. The van der Waals surface area contributed by atoms with E-state index in [1.165, 1.54) is 24.4 Å². The molecule has 7 heteroatoms. The van der Waals surface area contributed by atoms with E-state index in [1.54, 1.807) is 5.38 Å². The lowest BCUT2D eigenvalue weighted by atomic mass is 10.3. The van der Waals surface area contributed by atoms with Crippen LogP contribution >= 0.6 is 11.5 Å². The van der Waals surface area contributed by atoms with E-state index in [0.717, 1.165) is 25.4 Å². The van der Waals surface area contributed by atoms with Gasteiger partial charge >= 0.3 is 0 Å². The molecule has 3 rings (SSSR count). The van der Waals surface area contributed by atoms with Gasteiger partial charge in [0.05, 0.1) is 0 Å². The van der Waals surface area contributed by atoms with Crippen LogP contribution in [0.25, 0.3) is 11.6 Å². The summed E-state index contributed by atoms with van der Waals surface area (Å²) in [7, 11) is 0. The monoisotopic (exact) mass is 251 g/mol. The molecule has 1 aliphatic rings. The molecule has 0 bridgehead atoms. The Labute approximate surface area is 103 Å². The highest BCUT2D eigenvalue weighted by Crippen LogP contribution is 2.19. The lowest BCUT2D eigenvalue weighted by Gasteiger charge is -1.98. The Balaban J connectivity index is 1.50. The fourth-order valence-corrected chi connectivity index (χ4v) is 1.98. The average molecular weight is 251 g/mol. The zero-order valence-corrected chi connectivity index (χ0v) is 10.1. The molecular weight excluding hydrogens is 238 g/mol. The van der Waals surface area contributed by atoms with Gasteiger partial charge in [0.15, 0.2) is 5.69 Å². The van der Waals surface area contributed by atoms with Crippen molar-refractivity contribution in [2.24, 2.45) is 0 Å². The van der Waals surface area contributed by atoms with Crippen LogP contribution in [0, 0.1) is 0 Å². The molecule has 0 saturated heterocycles. The Hall–Kier alpha value is -1.34. The molecule has 0 amide bonds. The van der Waals surface area contributed by atoms with Crippen molar-refractivity contribution in [1.29, 1.82) is 0 Å². The molecule has 0 radical (unpaired) electrons.